The molecular weight excluding hydrogens is 400 g/mol. The zero-order chi connectivity index (χ0) is 22.0. The van der Waals surface area contributed by atoms with E-state index in [4.69, 9.17) is 0 Å². The molecule has 0 aliphatic carbocycles. The number of carbonyl (C=O) groups is 2. The molecule has 1 N–H and O–H groups in total. The number of benzene rings is 2. The lowest BCUT2D eigenvalue weighted by molar-refractivity contribution is -0.139. The van der Waals surface area contributed by atoms with Crippen LogP contribution in [0.3, 0.4) is 0 Å². The molecule has 2 aliphatic rings. The van der Waals surface area contributed by atoms with Gasteiger partial charge in [-0.15, -0.1) is 0 Å². The molecule has 1 atom stereocenters. The van der Waals surface area contributed by atoms with E-state index in [1.807, 2.05) is 34.1 Å². The zero-order valence-corrected chi connectivity index (χ0v) is 17.6. The molecule has 0 spiro atoms. The Balaban J connectivity index is 1.54. The number of piperidine rings is 1. The molecule has 164 valence electrons. The minimum Gasteiger partial charge on any atom is -0.341 e. The molecule has 2 aromatic rings. The van der Waals surface area contributed by atoms with Crippen LogP contribution in [-0.4, -0.2) is 47.8 Å². The van der Waals surface area contributed by atoms with E-state index in [0.29, 0.717) is 25.6 Å². The van der Waals surface area contributed by atoms with Crippen molar-refractivity contribution in [3.8, 4) is 0 Å². The minimum absolute atomic E-state index is 0.00351. The lowest BCUT2D eigenvalue weighted by atomic mass is 9.90. The van der Waals surface area contributed by atoms with Gasteiger partial charge in [0, 0.05) is 25.7 Å². The van der Waals surface area contributed by atoms with Crippen molar-refractivity contribution in [2.24, 2.45) is 5.92 Å². The van der Waals surface area contributed by atoms with Crippen LogP contribution in [0, 0.1) is 17.6 Å². The maximum absolute atomic E-state index is 13.9. The highest BCUT2D eigenvalue weighted by Gasteiger charge is 2.37. The maximum Gasteiger partial charge on any atom is 0.244 e. The Morgan fingerprint density at radius 3 is 2.58 bits per heavy atom. The van der Waals surface area contributed by atoms with E-state index in [1.54, 1.807) is 0 Å². The van der Waals surface area contributed by atoms with E-state index in [0.717, 1.165) is 48.6 Å². The standard InChI is InChI=1S/C24H27F2N3O2/c1-16-8-11-28(12-9-16)24(31)23-19-5-3-2-4-17(19)10-13-29(23)15-22(30)27-21-14-18(25)6-7-20(21)26/h2-7,14,16,23H,8-13,15H2,1H3,(H,27,30). The average molecular weight is 427 g/mol. The van der Waals surface area contributed by atoms with Gasteiger partial charge >= 0.3 is 0 Å². The van der Waals surface area contributed by atoms with Crippen molar-refractivity contribution in [1.29, 1.82) is 0 Å². The fourth-order valence-electron chi connectivity index (χ4n) is 4.45. The Bertz CT molecular complexity index is 973. The summed E-state index contributed by atoms with van der Waals surface area (Å²) in [6, 6.07) is 10.2. The van der Waals surface area contributed by atoms with Crippen LogP contribution in [0.5, 0.6) is 0 Å². The Kier molecular flexibility index (Phi) is 6.32. The summed E-state index contributed by atoms with van der Waals surface area (Å²) in [5.74, 6) is -1.20. The first-order chi connectivity index (χ1) is 14.9. The number of nitrogens with zero attached hydrogens (tertiary/aromatic N) is 2. The number of rotatable bonds is 4. The highest BCUT2D eigenvalue weighted by Crippen LogP contribution is 2.32. The van der Waals surface area contributed by atoms with Crippen molar-refractivity contribution >= 4 is 17.5 Å². The average Bonchev–Trinajstić information content (AvgIpc) is 2.76. The summed E-state index contributed by atoms with van der Waals surface area (Å²) in [6.45, 7) is 4.09. The molecule has 1 saturated heterocycles. The first-order valence-electron chi connectivity index (χ1n) is 10.8. The van der Waals surface area contributed by atoms with Crippen molar-refractivity contribution in [2.75, 3.05) is 31.5 Å². The second kappa shape index (κ2) is 9.14. The number of nitrogens with one attached hydrogen (secondary N) is 1. The molecule has 4 rings (SSSR count). The molecular formula is C24H27F2N3O2. The predicted molar refractivity (Wildman–Crippen MR) is 114 cm³/mol. The van der Waals surface area contributed by atoms with Crippen molar-refractivity contribution in [3.63, 3.8) is 0 Å². The third-order valence-corrected chi connectivity index (χ3v) is 6.26. The lowest BCUT2D eigenvalue weighted by Gasteiger charge is -2.40. The molecule has 5 nitrogen and oxygen atoms in total. The minimum atomic E-state index is -0.700. The Labute approximate surface area is 181 Å². The second-order valence-electron chi connectivity index (χ2n) is 8.50. The molecule has 2 heterocycles. The van der Waals surface area contributed by atoms with Gasteiger partial charge in [-0.2, -0.15) is 0 Å². The van der Waals surface area contributed by atoms with Gasteiger partial charge in [0.05, 0.1) is 12.2 Å². The van der Waals surface area contributed by atoms with Crippen molar-refractivity contribution in [1.82, 2.24) is 9.80 Å². The number of anilines is 1. The predicted octanol–water partition coefficient (Wildman–Crippen LogP) is 3.76. The quantitative estimate of drug-likeness (QED) is 0.809. The summed E-state index contributed by atoms with van der Waals surface area (Å²) in [5.41, 5.74) is 1.83. The number of carbonyl (C=O) groups excluding carboxylic acids is 2. The van der Waals surface area contributed by atoms with Crippen LogP contribution < -0.4 is 5.32 Å². The molecule has 0 aromatic heterocycles. The fourth-order valence-corrected chi connectivity index (χ4v) is 4.45. The first kappa shape index (κ1) is 21.4. The summed E-state index contributed by atoms with van der Waals surface area (Å²) < 4.78 is 27.4. The molecule has 2 aliphatic heterocycles. The van der Waals surface area contributed by atoms with Crippen LogP contribution in [0.15, 0.2) is 42.5 Å². The third-order valence-electron chi connectivity index (χ3n) is 6.26. The number of hydrogen-bond acceptors (Lipinski definition) is 3. The Morgan fingerprint density at radius 2 is 1.81 bits per heavy atom. The number of likely N-dealkylation sites (tertiary alicyclic amines) is 1. The van der Waals surface area contributed by atoms with E-state index < -0.39 is 23.6 Å². The van der Waals surface area contributed by atoms with Crippen LogP contribution in [0.1, 0.15) is 36.9 Å². The zero-order valence-electron chi connectivity index (χ0n) is 17.6. The van der Waals surface area contributed by atoms with Crippen LogP contribution in [0.2, 0.25) is 0 Å². The highest BCUT2D eigenvalue weighted by molar-refractivity contribution is 5.93. The van der Waals surface area contributed by atoms with E-state index in [1.165, 1.54) is 0 Å². The molecule has 0 bridgehead atoms. The number of fused-ring (bicyclic) bond motifs is 1. The van der Waals surface area contributed by atoms with Crippen molar-refractivity contribution < 1.29 is 18.4 Å². The summed E-state index contributed by atoms with van der Waals surface area (Å²) in [4.78, 5) is 29.9. The van der Waals surface area contributed by atoms with Crippen LogP contribution in [0.4, 0.5) is 14.5 Å². The molecule has 2 amide bonds. The van der Waals surface area contributed by atoms with Gasteiger partial charge in [-0.05, 0) is 48.4 Å². The molecule has 1 unspecified atom stereocenters. The van der Waals surface area contributed by atoms with Crippen LogP contribution in [0.25, 0.3) is 0 Å². The normalized spacial score (nSPS) is 19.7. The van der Waals surface area contributed by atoms with Gasteiger partial charge in [-0.25, -0.2) is 8.78 Å². The smallest absolute Gasteiger partial charge is 0.244 e. The van der Waals surface area contributed by atoms with Gasteiger partial charge in [0.15, 0.2) is 0 Å². The lowest BCUT2D eigenvalue weighted by Crippen LogP contribution is -2.50. The van der Waals surface area contributed by atoms with Gasteiger partial charge in [0.25, 0.3) is 0 Å². The van der Waals surface area contributed by atoms with E-state index in [9.17, 15) is 18.4 Å². The fraction of sp³-hybridized carbons (Fsp3) is 0.417. The summed E-state index contributed by atoms with van der Waals surface area (Å²) >= 11 is 0. The van der Waals surface area contributed by atoms with Crippen molar-refractivity contribution in [3.05, 3.63) is 65.2 Å². The van der Waals surface area contributed by atoms with E-state index in [2.05, 4.69) is 12.2 Å². The molecule has 1 fully saturated rings. The molecule has 7 heteroatoms. The monoisotopic (exact) mass is 427 g/mol. The van der Waals surface area contributed by atoms with E-state index >= 15 is 0 Å². The highest BCUT2D eigenvalue weighted by atomic mass is 19.1. The SMILES string of the molecule is CC1CCN(C(=O)C2c3ccccc3CCN2CC(=O)Nc2cc(F)ccc2F)CC1. The van der Waals surface area contributed by atoms with Gasteiger partial charge in [0.1, 0.15) is 17.7 Å². The van der Waals surface area contributed by atoms with Crippen LogP contribution >= 0.6 is 0 Å². The van der Waals surface area contributed by atoms with E-state index in [-0.39, 0.29) is 18.1 Å². The van der Waals surface area contributed by atoms with Gasteiger partial charge in [-0.3, -0.25) is 14.5 Å². The summed E-state index contributed by atoms with van der Waals surface area (Å²) in [7, 11) is 0. The summed E-state index contributed by atoms with van der Waals surface area (Å²) in [5, 5.41) is 2.45. The first-order valence-corrected chi connectivity index (χ1v) is 10.8. The van der Waals surface area contributed by atoms with Crippen molar-refractivity contribution in [2.45, 2.75) is 32.2 Å². The van der Waals surface area contributed by atoms with Gasteiger partial charge in [-0.1, -0.05) is 31.2 Å². The van der Waals surface area contributed by atoms with Gasteiger partial charge < -0.3 is 10.2 Å². The largest absolute Gasteiger partial charge is 0.341 e. The number of halogens is 2. The third kappa shape index (κ3) is 4.77. The topological polar surface area (TPSA) is 52.7 Å². The summed E-state index contributed by atoms with van der Waals surface area (Å²) in [6.07, 6.45) is 2.66. The molecule has 0 saturated carbocycles. The maximum atomic E-state index is 13.9. The Hall–Kier alpha value is -2.80. The number of hydrogen-bond donors (Lipinski definition) is 1. The van der Waals surface area contributed by atoms with Gasteiger partial charge in [0.2, 0.25) is 11.8 Å². The molecule has 31 heavy (non-hydrogen) atoms. The van der Waals surface area contributed by atoms with Crippen LogP contribution in [-0.2, 0) is 16.0 Å². The molecule has 0 radical (unpaired) electrons. The Morgan fingerprint density at radius 1 is 1.06 bits per heavy atom. The molecule has 2 aromatic carbocycles. The number of amides is 2. The second-order valence-corrected chi connectivity index (χ2v) is 8.50.